The van der Waals surface area contributed by atoms with Crippen molar-refractivity contribution in [3.05, 3.63) is 52.2 Å². The molecule has 2 aromatic rings. The first kappa shape index (κ1) is 10.3. The topological polar surface area (TPSA) is 38.9 Å². The zero-order chi connectivity index (χ0) is 10.7. The monoisotopic (exact) mass is 222 g/mol. The largest absolute Gasteiger partial charge is 0.324 e. The van der Waals surface area contributed by atoms with Crippen molar-refractivity contribution in [1.82, 2.24) is 4.98 Å². The van der Waals surface area contributed by atoms with Crippen LogP contribution in [0.15, 0.2) is 35.8 Å². The molecule has 15 heavy (non-hydrogen) atoms. The first-order chi connectivity index (χ1) is 7.25. The van der Waals surface area contributed by atoms with Crippen LogP contribution in [0.5, 0.6) is 0 Å². The Morgan fingerprint density at radius 1 is 1.33 bits per heavy atom. The first-order valence-electron chi connectivity index (χ1n) is 4.65. The van der Waals surface area contributed by atoms with Gasteiger partial charge < -0.3 is 5.73 Å². The molecule has 78 valence electrons. The number of benzene rings is 1. The van der Waals surface area contributed by atoms with Gasteiger partial charge in [-0.25, -0.2) is 9.37 Å². The third-order valence-corrected chi connectivity index (χ3v) is 2.98. The minimum Gasteiger partial charge on any atom is -0.324 e. The molecule has 0 spiro atoms. The van der Waals surface area contributed by atoms with E-state index >= 15 is 0 Å². The van der Waals surface area contributed by atoms with E-state index < -0.39 is 0 Å². The van der Waals surface area contributed by atoms with E-state index in [-0.39, 0.29) is 11.9 Å². The molecule has 0 aliphatic heterocycles. The van der Waals surface area contributed by atoms with Crippen molar-refractivity contribution >= 4 is 11.3 Å². The van der Waals surface area contributed by atoms with Crippen LogP contribution in [0.2, 0.25) is 0 Å². The van der Waals surface area contributed by atoms with E-state index in [2.05, 4.69) is 4.98 Å². The van der Waals surface area contributed by atoms with Gasteiger partial charge in [-0.3, -0.25) is 0 Å². The predicted molar refractivity (Wildman–Crippen MR) is 59.1 cm³/mol. The number of rotatable bonds is 3. The Hall–Kier alpha value is -1.26. The molecule has 0 fully saturated rings. The summed E-state index contributed by atoms with van der Waals surface area (Å²) in [6.45, 7) is 0. The van der Waals surface area contributed by atoms with Gasteiger partial charge in [-0.15, -0.1) is 11.3 Å². The van der Waals surface area contributed by atoms with Crippen LogP contribution in [0.1, 0.15) is 16.6 Å². The summed E-state index contributed by atoms with van der Waals surface area (Å²) >= 11 is 1.58. The van der Waals surface area contributed by atoms with Gasteiger partial charge in [0.15, 0.2) is 0 Å². The summed E-state index contributed by atoms with van der Waals surface area (Å²) in [7, 11) is 0. The van der Waals surface area contributed by atoms with Crippen molar-refractivity contribution in [2.45, 2.75) is 12.5 Å². The number of nitrogens with two attached hydrogens (primary N) is 1. The Balaban J connectivity index is 2.08. The molecule has 0 aliphatic carbocycles. The van der Waals surface area contributed by atoms with Gasteiger partial charge in [0.05, 0.1) is 5.01 Å². The lowest BCUT2D eigenvalue weighted by Crippen LogP contribution is -2.13. The normalized spacial score (nSPS) is 12.7. The van der Waals surface area contributed by atoms with Gasteiger partial charge in [0.1, 0.15) is 5.82 Å². The van der Waals surface area contributed by atoms with E-state index in [9.17, 15) is 4.39 Å². The molecular formula is C11H11FN2S. The standard InChI is InChI=1S/C11H11FN2S/c12-9-3-1-8(2-4-9)10(13)7-11-14-5-6-15-11/h1-6,10H,7,13H2. The van der Waals surface area contributed by atoms with E-state index in [0.717, 1.165) is 10.6 Å². The van der Waals surface area contributed by atoms with E-state index in [1.807, 2.05) is 5.38 Å². The fraction of sp³-hybridized carbons (Fsp3) is 0.182. The van der Waals surface area contributed by atoms with Gasteiger partial charge in [-0.05, 0) is 17.7 Å². The van der Waals surface area contributed by atoms with Gasteiger partial charge in [0.25, 0.3) is 0 Å². The van der Waals surface area contributed by atoms with Gasteiger partial charge in [0.2, 0.25) is 0 Å². The van der Waals surface area contributed by atoms with E-state index in [4.69, 9.17) is 5.73 Å². The van der Waals surface area contributed by atoms with Crippen LogP contribution in [-0.4, -0.2) is 4.98 Å². The Labute approximate surface area is 91.6 Å². The molecule has 0 bridgehead atoms. The minimum atomic E-state index is -0.236. The third kappa shape index (κ3) is 2.61. The number of hydrogen-bond donors (Lipinski definition) is 1. The SMILES string of the molecule is NC(Cc1nccs1)c1ccc(F)cc1. The van der Waals surface area contributed by atoms with Crippen LogP contribution in [0.3, 0.4) is 0 Å². The van der Waals surface area contributed by atoms with Gasteiger partial charge in [-0.1, -0.05) is 12.1 Å². The number of aromatic nitrogens is 1. The Morgan fingerprint density at radius 2 is 2.07 bits per heavy atom. The molecule has 1 heterocycles. The van der Waals surface area contributed by atoms with Crippen molar-refractivity contribution in [3.63, 3.8) is 0 Å². The lowest BCUT2D eigenvalue weighted by Gasteiger charge is -2.09. The summed E-state index contributed by atoms with van der Waals surface area (Å²) in [5, 5.41) is 2.93. The molecule has 0 amide bonds. The van der Waals surface area contributed by atoms with Crippen LogP contribution in [0.4, 0.5) is 4.39 Å². The molecule has 1 atom stereocenters. The van der Waals surface area contributed by atoms with Gasteiger partial charge >= 0.3 is 0 Å². The van der Waals surface area contributed by atoms with Gasteiger partial charge in [-0.2, -0.15) is 0 Å². The summed E-state index contributed by atoms with van der Waals surface area (Å²) in [5.74, 6) is -0.236. The molecule has 2 nitrogen and oxygen atoms in total. The van der Waals surface area contributed by atoms with Crippen molar-refractivity contribution in [1.29, 1.82) is 0 Å². The van der Waals surface area contributed by atoms with Crippen LogP contribution < -0.4 is 5.73 Å². The second-order valence-electron chi connectivity index (χ2n) is 3.29. The summed E-state index contributed by atoms with van der Waals surface area (Å²) in [4.78, 5) is 4.16. The molecule has 1 aromatic heterocycles. The fourth-order valence-electron chi connectivity index (χ4n) is 1.37. The third-order valence-electron chi connectivity index (χ3n) is 2.18. The van der Waals surface area contributed by atoms with Crippen molar-refractivity contribution in [2.75, 3.05) is 0 Å². The first-order valence-corrected chi connectivity index (χ1v) is 5.53. The molecule has 1 unspecified atom stereocenters. The second-order valence-corrected chi connectivity index (χ2v) is 4.27. The molecule has 2 rings (SSSR count). The summed E-state index contributed by atoms with van der Waals surface area (Å²) in [5.41, 5.74) is 6.92. The molecule has 1 aromatic carbocycles. The van der Waals surface area contributed by atoms with Crippen molar-refractivity contribution in [3.8, 4) is 0 Å². The fourth-order valence-corrected chi connectivity index (χ4v) is 2.05. The lowest BCUT2D eigenvalue weighted by molar-refractivity contribution is 0.624. The Kier molecular flexibility index (Phi) is 3.08. The summed E-state index contributed by atoms with van der Waals surface area (Å²) in [6.07, 6.45) is 2.46. The Bertz CT molecular complexity index is 411. The average Bonchev–Trinajstić information content (AvgIpc) is 2.71. The highest BCUT2D eigenvalue weighted by Gasteiger charge is 2.08. The highest BCUT2D eigenvalue weighted by molar-refractivity contribution is 7.09. The van der Waals surface area contributed by atoms with Crippen LogP contribution in [0.25, 0.3) is 0 Å². The molecule has 0 saturated carbocycles. The lowest BCUT2D eigenvalue weighted by atomic mass is 10.1. The number of hydrogen-bond acceptors (Lipinski definition) is 3. The Morgan fingerprint density at radius 3 is 2.67 bits per heavy atom. The number of halogens is 1. The maximum absolute atomic E-state index is 12.7. The second kappa shape index (κ2) is 4.51. The molecule has 4 heteroatoms. The predicted octanol–water partition coefficient (Wildman–Crippen LogP) is 2.52. The van der Waals surface area contributed by atoms with Crippen LogP contribution >= 0.6 is 11.3 Å². The highest BCUT2D eigenvalue weighted by atomic mass is 32.1. The summed E-state index contributed by atoms with van der Waals surface area (Å²) < 4.78 is 12.7. The minimum absolute atomic E-state index is 0.114. The quantitative estimate of drug-likeness (QED) is 0.866. The maximum Gasteiger partial charge on any atom is 0.123 e. The molecule has 2 N–H and O–H groups in total. The van der Waals surface area contributed by atoms with Crippen molar-refractivity contribution < 1.29 is 4.39 Å². The number of thiazole rings is 1. The van der Waals surface area contributed by atoms with Gasteiger partial charge in [0, 0.05) is 24.0 Å². The smallest absolute Gasteiger partial charge is 0.123 e. The van der Waals surface area contributed by atoms with Crippen LogP contribution in [-0.2, 0) is 6.42 Å². The van der Waals surface area contributed by atoms with Crippen molar-refractivity contribution in [2.24, 2.45) is 5.73 Å². The van der Waals surface area contributed by atoms with Crippen LogP contribution in [0, 0.1) is 5.82 Å². The number of nitrogens with zero attached hydrogens (tertiary/aromatic N) is 1. The molecule has 0 saturated heterocycles. The molecule has 0 radical (unpaired) electrons. The maximum atomic E-state index is 12.7. The zero-order valence-electron chi connectivity index (χ0n) is 8.06. The zero-order valence-corrected chi connectivity index (χ0v) is 8.88. The molecule has 0 aliphatic rings. The summed E-state index contributed by atoms with van der Waals surface area (Å²) in [6, 6.07) is 6.17. The van der Waals surface area contributed by atoms with E-state index in [0.29, 0.717) is 6.42 Å². The van der Waals surface area contributed by atoms with E-state index in [1.54, 1.807) is 29.7 Å². The molecular weight excluding hydrogens is 211 g/mol. The highest BCUT2D eigenvalue weighted by Crippen LogP contribution is 2.17. The average molecular weight is 222 g/mol. The van der Waals surface area contributed by atoms with E-state index in [1.165, 1.54) is 12.1 Å².